The van der Waals surface area contributed by atoms with Crippen LogP contribution < -0.4 is 0 Å². The van der Waals surface area contributed by atoms with Gasteiger partial charge in [-0.05, 0) is 19.3 Å². The van der Waals surface area contributed by atoms with Crippen molar-refractivity contribution in [2.24, 2.45) is 7.05 Å². The molecular weight excluding hydrogens is 260 g/mol. The van der Waals surface area contributed by atoms with Gasteiger partial charge < -0.3 is 9.47 Å². The Morgan fingerprint density at radius 2 is 2.26 bits per heavy atom. The van der Waals surface area contributed by atoms with E-state index in [0.29, 0.717) is 5.82 Å². The van der Waals surface area contributed by atoms with E-state index in [4.69, 9.17) is 0 Å². The summed E-state index contributed by atoms with van der Waals surface area (Å²) >= 11 is 1.62. The molecule has 1 saturated heterocycles. The van der Waals surface area contributed by atoms with Crippen molar-refractivity contribution in [2.45, 2.75) is 25.3 Å². The molecule has 0 spiro atoms. The summed E-state index contributed by atoms with van der Waals surface area (Å²) in [4.78, 5) is 23.1. The number of aromatic nitrogens is 3. The number of rotatable bonds is 2. The van der Waals surface area contributed by atoms with Crippen LogP contribution in [0.3, 0.4) is 0 Å². The Morgan fingerprint density at radius 3 is 2.95 bits per heavy atom. The lowest BCUT2D eigenvalue weighted by atomic mass is 10.0. The largest absolute Gasteiger partial charge is 0.330 e. The predicted octanol–water partition coefficient (Wildman–Crippen LogP) is 2.24. The summed E-state index contributed by atoms with van der Waals surface area (Å²) in [5, 5.41) is 3.00. The Bertz CT molecular complexity index is 563. The quantitative estimate of drug-likeness (QED) is 0.845. The smallest absolute Gasteiger partial charge is 0.290 e. The van der Waals surface area contributed by atoms with Crippen molar-refractivity contribution in [1.82, 2.24) is 19.4 Å². The molecule has 1 unspecified atom stereocenters. The van der Waals surface area contributed by atoms with Crippen molar-refractivity contribution in [3.63, 3.8) is 0 Å². The first-order valence-corrected chi connectivity index (χ1v) is 7.33. The van der Waals surface area contributed by atoms with Gasteiger partial charge >= 0.3 is 0 Å². The number of likely N-dealkylation sites (tertiary alicyclic amines) is 1. The number of aryl methyl sites for hydroxylation is 1. The topological polar surface area (TPSA) is 51.0 Å². The van der Waals surface area contributed by atoms with Crippen LogP contribution in [-0.2, 0) is 7.05 Å². The minimum atomic E-state index is 0.00685. The molecule has 1 fully saturated rings. The standard InChI is InChI=1S/C13H16N4OS/c1-16-8-5-14-11(16)13(18)17-7-3-2-4-10(17)12-15-6-9-19-12/h5-6,8-10H,2-4,7H2,1H3. The number of nitrogens with zero attached hydrogens (tertiary/aromatic N) is 4. The molecule has 0 N–H and O–H groups in total. The molecule has 0 bridgehead atoms. The average molecular weight is 276 g/mol. The fourth-order valence-corrected chi connectivity index (χ4v) is 3.32. The maximum atomic E-state index is 12.6. The zero-order valence-corrected chi connectivity index (χ0v) is 11.6. The number of thiazole rings is 1. The normalized spacial score (nSPS) is 19.6. The third-order valence-electron chi connectivity index (χ3n) is 3.51. The molecular formula is C13H16N4OS. The number of hydrogen-bond donors (Lipinski definition) is 0. The average Bonchev–Trinajstić information content (AvgIpc) is 3.09. The van der Waals surface area contributed by atoms with Crippen LogP contribution in [0.1, 0.15) is 40.9 Å². The summed E-state index contributed by atoms with van der Waals surface area (Å²) in [6, 6.07) is 0.109. The van der Waals surface area contributed by atoms with E-state index in [1.807, 2.05) is 17.3 Å². The zero-order valence-electron chi connectivity index (χ0n) is 10.8. The highest BCUT2D eigenvalue weighted by atomic mass is 32.1. The zero-order chi connectivity index (χ0) is 13.2. The fourth-order valence-electron chi connectivity index (χ4n) is 2.53. The first kappa shape index (κ1) is 12.3. The van der Waals surface area contributed by atoms with Crippen molar-refractivity contribution in [3.8, 4) is 0 Å². The molecule has 0 saturated carbocycles. The van der Waals surface area contributed by atoms with E-state index in [1.165, 1.54) is 0 Å². The number of hydrogen-bond acceptors (Lipinski definition) is 4. The molecule has 0 aromatic carbocycles. The van der Waals surface area contributed by atoms with Gasteiger partial charge in [-0.1, -0.05) is 0 Å². The fraction of sp³-hybridized carbons (Fsp3) is 0.462. The molecule has 5 nitrogen and oxygen atoms in total. The van der Waals surface area contributed by atoms with E-state index >= 15 is 0 Å². The van der Waals surface area contributed by atoms with Crippen LogP contribution in [0.2, 0.25) is 0 Å². The van der Waals surface area contributed by atoms with Gasteiger partial charge in [-0.3, -0.25) is 4.79 Å². The Morgan fingerprint density at radius 1 is 1.37 bits per heavy atom. The molecule has 6 heteroatoms. The van der Waals surface area contributed by atoms with Crippen LogP contribution in [0, 0.1) is 0 Å². The van der Waals surface area contributed by atoms with Crippen molar-refractivity contribution < 1.29 is 4.79 Å². The van der Waals surface area contributed by atoms with Gasteiger partial charge in [0.05, 0.1) is 6.04 Å². The van der Waals surface area contributed by atoms with Gasteiger partial charge in [0.25, 0.3) is 5.91 Å². The van der Waals surface area contributed by atoms with Crippen LogP contribution in [-0.4, -0.2) is 31.9 Å². The van der Waals surface area contributed by atoms with E-state index in [9.17, 15) is 4.79 Å². The van der Waals surface area contributed by atoms with Crippen molar-refractivity contribution in [2.75, 3.05) is 6.54 Å². The minimum absolute atomic E-state index is 0.00685. The molecule has 2 aromatic heterocycles. The maximum absolute atomic E-state index is 12.6. The second-order valence-electron chi connectivity index (χ2n) is 4.74. The monoisotopic (exact) mass is 276 g/mol. The first-order chi connectivity index (χ1) is 9.27. The van der Waals surface area contributed by atoms with Crippen LogP contribution in [0.15, 0.2) is 24.0 Å². The number of imidazole rings is 1. The van der Waals surface area contributed by atoms with Gasteiger partial charge in [-0.15, -0.1) is 11.3 Å². The Balaban J connectivity index is 1.89. The van der Waals surface area contributed by atoms with E-state index in [-0.39, 0.29) is 11.9 Å². The highest BCUT2D eigenvalue weighted by Crippen LogP contribution is 2.32. The van der Waals surface area contributed by atoms with E-state index < -0.39 is 0 Å². The second kappa shape index (κ2) is 5.13. The third-order valence-corrected chi connectivity index (χ3v) is 4.39. The number of piperidine rings is 1. The highest BCUT2D eigenvalue weighted by molar-refractivity contribution is 7.09. The Labute approximate surface area is 115 Å². The molecule has 2 aromatic rings. The van der Waals surface area contributed by atoms with Gasteiger partial charge in [-0.2, -0.15) is 0 Å². The molecule has 3 heterocycles. The lowest BCUT2D eigenvalue weighted by Crippen LogP contribution is -2.39. The third kappa shape index (κ3) is 2.28. The minimum Gasteiger partial charge on any atom is -0.330 e. The number of carbonyl (C=O) groups excluding carboxylic acids is 1. The van der Waals surface area contributed by atoms with Crippen LogP contribution in [0.4, 0.5) is 0 Å². The molecule has 1 amide bonds. The van der Waals surface area contributed by atoms with E-state index in [0.717, 1.165) is 30.8 Å². The summed E-state index contributed by atoms with van der Waals surface area (Å²) in [6.45, 7) is 0.788. The number of amides is 1. The molecule has 3 rings (SSSR count). The number of carbonyl (C=O) groups is 1. The van der Waals surface area contributed by atoms with Crippen molar-refractivity contribution >= 4 is 17.2 Å². The Kier molecular flexibility index (Phi) is 3.33. The van der Waals surface area contributed by atoms with E-state index in [2.05, 4.69) is 9.97 Å². The van der Waals surface area contributed by atoms with Crippen molar-refractivity contribution in [3.05, 3.63) is 34.8 Å². The summed E-state index contributed by atoms with van der Waals surface area (Å²) in [5.41, 5.74) is 0. The van der Waals surface area contributed by atoms with Crippen molar-refractivity contribution in [1.29, 1.82) is 0 Å². The summed E-state index contributed by atoms with van der Waals surface area (Å²) in [5.74, 6) is 0.510. The molecule has 19 heavy (non-hydrogen) atoms. The maximum Gasteiger partial charge on any atom is 0.290 e. The molecule has 1 aliphatic rings. The van der Waals surface area contributed by atoms with Gasteiger partial charge in [0, 0.05) is 37.6 Å². The van der Waals surface area contributed by atoms with Crippen LogP contribution in [0.25, 0.3) is 0 Å². The summed E-state index contributed by atoms with van der Waals surface area (Å²) in [6.07, 6.45) is 8.46. The van der Waals surface area contributed by atoms with Crippen LogP contribution in [0.5, 0.6) is 0 Å². The van der Waals surface area contributed by atoms with Gasteiger partial charge in [0.2, 0.25) is 0 Å². The van der Waals surface area contributed by atoms with Crippen LogP contribution >= 0.6 is 11.3 Å². The lowest BCUT2D eigenvalue weighted by Gasteiger charge is -2.34. The molecule has 0 aliphatic carbocycles. The molecule has 1 atom stereocenters. The molecule has 0 radical (unpaired) electrons. The SMILES string of the molecule is Cn1ccnc1C(=O)N1CCCCC1c1nccs1. The van der Waals surface area contributed by atoms with E-state index in [1.54, 1.807) is 34.5 Å². The Hall–Kier alpha value is -1.69. The first-order valence-electron chi connectivity index (χ1n) is 6.45. The second-order valence-corrected chi connectivity index (χ2v) is 5.67. The van der Waals surface area contributed by atoms with Gasteiger partial charge in [0.15, 0.2) is 5.82 Å². The summed E-state index contributed by atoms with van der Waals surface area (Å²) in [7, 11) is 1.85. The van der Waals surface area contributed by atoms with Gasteiger partial charge in [0.1, 0.15) is 5.01 Å². The molecule has 1 aliphatic heterocycles. The van der Waals surface area contributed by atoms with Gasteiger partial charge in [-0.25, -0.2) is 9.97 Å². The predicted molar refractivity (Wildman–Crippen MR) is 73.0 cm³/mol. The lowest BCUT2D eigenvalue weighted by molar-refractivity contribution is 0.0595. The summed E-state index contributed by atoms with van der Waals surface area (Å²) < 4.78 is 1.77. The highest BCUT2D eigenvalue weighted by Gasteiger charge is 2.31. The molecule has 100 valence electrons.